The van der Waals surface area contributed by atoms with Gasteiger partial charge in [-0.1, -0.05) is 38.3 Å². The van der Waals surface area contributed by atoms with Crippen LogP contribution >= 0.6 is 0 Å². The molecule has 0 aliphatic carbocycles. The zero-order valence-electron chi connectivity index (χ0n) is 12.7. The number of aryl methyl sites for hydroxylation is 2. The quantitative estimate of drug-likeness (QED) is 0.431. The lowest BCUT2D eigenvalue weighted by molar-refractivity contribution is 0.668. The molecule has 0 aliphatic heterocycles. The van der Waals surface area contributed by atoms with Gasteiger partial charge < -0.3 is 5.73 Å². The van der Waals surface area contributed by atoms with Crippen LogP contribution in [-0.4, -0.2) is 15.9 Å². The lowest BCUT2D eigenvalue weighted by Gasteiger charge is -2.10. The minimum atomic E-state index is -0.149. The molecule has 1 aromatic carbocycles. The third-order valence-electron chi connectivity index (χ3n) is 3.54. The van der Waals surface area contributed by atoms with Gasteiger partial charge in [0.1, 0.15) is 0 Å². The van der Waals surface area contributed by atoms with E-state index in [0.717, 1.165) is 23.0 Å². The van der Waals surface area contributed by atoms with E-state index in [9.17, 15) is 0 Å². The second kappa shape index (κ2) is 7.02. The molecule has 5 nitrogen and oxygen atoms in total. The number of aromatic nitrogens is 2. The number of anilines is 1. The first-order valence-electron chi connectivity index (χ1n) is 7.49. The molecule has 0 saturated carbocycles. The molecule has 0 fully saturated rings. The Kier molecular flexibility index (Phi) is 5.09. The molecule has 0 saturated heterocycles. The fourth-order valence-electron chi connectivity index (χ4n) is 2.58. The van der Waals surface area contributed by atoms with Gasteiger partial charge in [-0.05, 0) is 31.4 Å². The highest BCUT2D eigenvalue weighted by atomic mass is 15.2. The Morgan fingerprint density at radius 1 is 1.24 bits per heavy atom. The summed E-state index contributed by atoms with van der Waals surface area (Å²) in [6, 6.07) is 6.16. The highest BCUT2D eigenvalue weighted by molar-refractivity contribution is 5.90. The number of guanidine groups is 1. The second-order valence-electron chi connectivity index (χ2n) is 5.29. The van der Waals surface area contributed by atoms with Gasteiger partial charge in [0.2, 0.25) is 5.95 Å². The summed E-state index contributed by atoms with van der Waals surface area (Å²) in [6.45, 7) is 4.20. The van der Waals surface area contributed by atoms with E-state index in [1.807, 2.05) is 19.1 Å². The van der Waals surface area contributed by atoms with Crippen LogP contribution < -0.4 is 11.1 Å². The SMILES string of the molecule is CCCCCCc1cccc2nc(NC(=N)N)nc(C)c12. The fraction of sp³-hybridized carbons (Fsp3) is 0.438. The van der Waals surface area contributed by atoms with Gasteiger partial charge in [0, 0.05) is 5.39 Å². The lowest BCUT2D eigenvalue weighted by Crippen LogP contribution is -2.22. The first kappa shape index (κ1) is 15.2. The Balaban J connectivity index is 2.29. The van der Waals surface area contributed by atoms with Gasteiger partial charge in [0.15, 0.2) is 5.96 Å². The van der Waals surface area contributed by atoms with Crippen molar-refractivity contribution in [2.24, 2.45) is 5.73 Å². The van der Waals surface area contributed by atoms with Crippen molar-refractivity contribution in [3.8, 4) is 0 Å². The summed E-state index contributed by atoms with van der Waals surface area (Å²) in [5.74, 6) is 0.236. The van der Waals surface area contributed by atoms with Crippen molar-refractivity contribution in [3.05, 3.63) is 29.5 Å². The zero-order valence-corrected chi connectivity index (χ0v) is 12.7. The molecule has 4 N–H and O–H groups in total. The van der Waals surface area contributed by atoms with Crippen LogP contribution in [0.3, 0.4) is 0 Å². The Morgan fingerprint density at radius 2 is 2.05 bits per heavy atom. The number of hydrogen-bond donors (Lipinski definition) is 3. The Labute approximate surface area is 125 Å². The van der Waals surface area contributed by atoms with Crippen molar-refractivity contribution in [1.82, 2.24) is 9.97 Å². The molecule has 1 heterocycles. The van der Waals surface area contributed by atoms with Gasteiger partial charge in [-0.2, -0.15) is 0 Å². The smallest absolute Gasteiger partial charge is 0.230 e. The molecule has 0 bridgehead atoms. The summed E-state index contributed by atoms with van der Waals surface area (Å²) in [4.78, 5) is 8.84. The van der Waals surface area contributed by atoms with E-state index in [4.69, 9.17) is 11.1 Å². The zero-order chi connectivity index (χ0) is 15.2. The van der Waals surface area contributed by atoms with E-state index >= 15 is 0 Å². The summed E-state index contributed by atoms with van der Waals surface area (Å²) < 4.78 is 0. The van der Waals surface area contributed by atoms with Crippen LogP contribution in [0.4, 0.5) is 5.95 Å². The van der Waals surface area contributed by atoms with Crippen LogP contribution in [-0.2, 0) is 6.42 Å². The minimum Gasteiger partial charge on any atom is -0.370 e. The third-order valence-corrected chi connectivity index (χ3v) is 3.54. The van der Waals surface area contributed by atoms with E-state index in [-0.39, 0.29) is 5.96 Å². The molecule has 0 aliphatic rings. The van der Waals surface area contributed by atoms with Crippen molar-refractivity contribution in [2.75, 3.05) is 5.32 Å². The Bertz CT molecular complexity index is 636. The van der Waals surface area contributed by atoms with E-state index in [1.54, 1.807) is 0 Å². The number of rotatable bonds is 6. The van der Waals surface area contributed by atoms with Crippen molar-refractivity contribution >= 4 is 22.8 Å². The predicted octanol–water partition coefficient (Wildman–Crippen LogP) is 3.37. The lowest BCUT2D eigenvalue weighted by atomic mass is 10.0. The van der Waals surface area contributed by atoms with E-state index < -0.39 is 0 Å². The number of fused-ring (bicyclic) bond motifs is 1. The maximum Gasteiger partial charge on any atom is 0.230 e. The van der Waals surface area contributed by atoms with Crippen LogP contribution in [0.5, 0.6) is 0 Å². The third kappa shape index (κ3) is 3.90. The van der Waals surface area contributed by atoms with Gasteiger partial charge >= 0.3 is 0 Å². The Hall–Kier alpha value is -2.17. The normalized spacial score (nSPS) is 10.8. The number of nitrogens with two attached hydrogens (primary N) is 1. The number of nitrogens with one attached hydrogen (secondary N) is 2. The van der Waals surface area contributed by atoms with Crippen LogP contribution in [0.25, 0.3) is 10.9 Å². The van der Waals surface area contributed by atoms with Gasteiger partial charge in [-0.15, -0.1) is 0 Å². The summed E-state index contributed by atoms with van der Waals surface area (Å²) in [5.41, 5.74) is 8.46. The summed E-state index contributed by atoms with van der Waals surface area (Å²) in [7, 11) is 0. The molecule has 2 rings (SSSR count). The van der Waals surface area contributed by atoms with Crippen molar-refractivity contribution < 1.29 is 0 Å². The van der Waals surface area contributed by atoms with Crippen LogP contribution in [0.1, 0.15) is 43.9 Å². The maximum absolute atomic E-state index is 7.27. The predicted molar refractivity (Wildman–Crippen MR) is 87.7 cm³/mol. The monoisotopic (exact) mass is 285 g/mol. The van der Waals surface area contributed by atoms with E-state index in [0.29, 0.717) is 5.95 Å². The van der Waals surface area contributed by atoms with Crippen LogP contribution in [0.15, 0.2) is 18.2 Å². The molecule has 0 atom stereocenters. The molecule has 112 valence electrons. The highest BCUT2D eigenvalue weighted by Crippen LogP contribution is 2.23. The van der Waals surface area contributed by atoms with Crippen molar-refractivity contribution in [3.63, 3.8) is 0 Å². The van der Waals surface area contributed by atoms with Gasteiger partial charge in [-0.25, -0.2) is 9.97 Å². The molecule has 21 heavy (non-hydrogen) atoms. The fourth-order valence-corrected chi connectivity index (χ4v) is 2.58. The standard InChI is InChI=1S/C16H23N5/c1-3-4-5-6-8-12-9-7-10-13-14(12)11(2)19-16(20-13)21-15(17)18/h7,9-10H,3-6,8H2,1-2H3,(H4,17,18,19,20,21). The highest BCUT2D eigenvalue weighted by Gasteiger charge is 2.09. The van der Waals surface area contributed by atoms with Gasteiger partial charge in [-0.3, -0.25) is 10.7 Å². The van der Waals surface area contributed by atoms with Gasteiger partial charge in [0.25, 0.3) is 0 Å². The number of unbranched alkanes of at least 4 members (excludes halogenated alkanes) is 3. The molecule has 2 aromatic rings. The maximum atomic E-state index is 7.27. The molecule has 0 radical (unpaired) electrons. The number of hydrogen-bond acceptors (Lipinski definition) is 3. The second-order valence-corrected chi connectivity index (χ2v) is 5.29. The molecule has 0 spiro atoms. The molecular formula is C16H23N5. The van der Waals surface area contributed by atoms with Crippen molar-refractivity contribution in [1.29, 1.82) is 5.41 Å². The Morgan fingerprint density at radius 3 is 2.76 bits per heavy atom. The van der Waals surface area contributed by atoms with Crippen LogP contribution in [0.2, 0.25) is 0 Å². The first-order chi connectivity index (χ1) is 10.1. The molecular weight excluding hydrogens is 262 g/mol. The average molecular weight is 285 g/mol. The van der Waals surface area contributed by atoms with E-state index in [2.05, 4.69) is 28.3 Å². The first-order valence-corrected chi connectivity index (χ1v) is 7.49. The summed E-state index contributed by atoms with van der Waals surface area (Å²) in [6.07, 6.45) is 6.04. The summed E-state index contributed by atoms with van der Waals surface area (Å²) >= 11 is 0. The molecule has 0 amide bonds. The van der Waals surface area contributed by atoms with Crippen LogP contribution in [0, 0.1) is 12.3 Å². The van der Waals surface area contributed by atoms with Gasteiger partial charge in [0.05, 0.1) is 11.2 Å². The number of benzene rings is 1. The molecule has 0 unspecified atom stereocenters. The molecule has 1 aromatic heterocycles. The average Bonchev–Trinajstić information content (AvgIpc) is 2.42. The minimum absolute atomic E-state index is 0.149. The van der Waals surface area contributed by atoms with Crippen molar-refractivity contribution in [2.45, 2.75) is 46.0 Å². The van der Waals surface area contributed by atoms with E-state index in [1.165, 1.54) is 31.2 Å². The summed E-state index contributed by atoms with van der Waals surface area (Å²) in [5, 5.41) is 11.1. The largest absolute Gasteiger partial charge is 0.370 e. The topological polar surface area (TPSA) is 87.7 Å². The molecule has 5 heteroatoms. The number of nitrogens with zero attached hydrogens (tertiary/aromatic N) is 2.